The van der Waals surface area contributed by atoms with Crippen molar-refractivity contribution >= 4 is 28.9 Å². The number of hydrogen-bond donors (Lipinski definition) is 0. The normalized spacial score (nSPS) is 10.3. The Morgan fingerprint density at radius 1 is 1.62 bits per heavy atom. The van der Waals surface area contributed by atoms with Crippen molar-refractivity contribution in [1.29, 1.82) is 0 Å². The molecule has 1 aromatic heterocycles. The Bertz CT molecular complexity index is 288. The van der Waals surface area contributed by atoms with Crippen molar-refractivity contribution in [2.24, 2.45) is 0 Å². The van der Waals surface area contributed by atoms with Crippen LogP contribution in [0, 0.1) is 6.92 Å². The van der Waals surface area contributed by atoms with Crippen molar-refractivity contribution in [3.63, 3.8) is 0 Å². The highest BCUT2D eigenvalue weighted by atomic mass is 32.2. The maximum Gasteiger partial charge on any atom is 0.174 e. The van der Waals surface area contributed by atoms with Gasteiger partial charge in [0.15, 0.2) is 10.1 Å². The van der Waals surface area contributed by atoms with E-state index in [9.17, 15) is 4.79 Å². The molecule has 0 aromatic carbocycles. The molecule has 0 unspecified atom stereocenters. The summed E-state index contributed by atoms with van der Waals surface area (Å²) in [5.41, 5.74) is 0. The molecule has 0 spiro atoms. The minimum atomic E-state index is 0.0698. The van der Waals surface area contributed by atoms with Crippen molar-refractivity contribution in [1.82, 2.24) is 10.2 Å². The van der Waals surface area contributed by atoms with E-state index in [2.05, 4.69) is 10.2 Å². The van der Waals surface area contributed by atoms with E-state index in [1.165, 1.54) is 30.2 Å². The van der Waals surface area contributed by atoms with Crippen LogP contribution >= 0.6 is 23.1 Å². The van der Waals surface area contributed by atoms with Gasteiger partial charge in [0.05, 0.1) is 5.75 Å². The van der Waals surface area contributed by atoms with Crippen molar-refractivity contribution in [3.05, 3.63) is 5.01 Å². The Hall–Kier alpha value is -0.460. The lowest BCUT2D eigenvalue weighted by Gasteiger charge is -1.95. The van der Waals surface area contributed by atoms with Gasteiger partial charge in [0.2, 0.25) is 0 Å². The zero-order chi connectivity index (χ0) is 9.68. The molecule has 6 heteroatoms. The van der Waals surface area contributed by atoms with Gasteiger partial charge in [-0.2, -0.15) is 0 Å². The average molecular weight is 218 g/mol. The van der Waals surface area contributed by atoms with Gasteiger partial charge >= 0.3 is 0 Å². The fourth-order valence-electron chi connectivity index (χ4n) is 0.682. The van der Waals surface area contributed by atoms with Gasteiger partial charge in [-0.05, 0) is 6.92 Å². The molecule has 1 rings (SSSR count). The molecule has 0 saturated heterocycles. The Labute approximate surface area is 84.7 Å². The van der Waals surface area contributed by atoms with Crippen LogP contribution in [0.4, 0.5) is 0 Å². The number of hydrogen-bond acceptors (Lipinski definition) is 6. The first-order valence-electron chi connectivity index (χ1n) is 3.66. The molecule has 0 atom stereocenters. The van der Waals surface area contributed by atoms with Crippen LogP contribution in [0.15, 0.2) is 4.34 Å². The summed E-state index contributed by atoms with van der Waals surface area (Å²) in [6, 6.07) is 0. The summed E-state index contributed by atoms with van der Waals surface area (Å²) < 4.78 is 5.54. The van der Waals surface area contributed by atoms with E-state index >= 15 is 0 Å². The van der Waals surface area contributed by atoms with Crippen LogP contribution in [-0.2, 0) is 9.53 Å². The third kappa shape index (κ3) is 3.84. The maximum atomic E-state index is 11.0. The number of aryl methyl sites for hydroxylation is 1. The topological polar surface area (TPSA) is 52.1 Å². The van der Waals surface area contributed by atoms with Gasteiger partial charge in [0.25, 0.3) is 0 Å². The molecule has 0 amide bonds. The molecule has 0 N–H and O–H groups in total. The van der Waals surface area contributed by atoms with Crippen molar-refractivity contribution in [3.8, 4) is 0 Å². The highest BCUT2D eigenvalue weighted by Gasteiger charge is 2.05. The summed E-state index contributed by atoms with van der Waals surface area (Å²) in [5.74, 6) is 0.475. The predicted octanol–water partition coefficient (Wildman–Crippen LogP) is 1.15. The molecule has 4 nitrogen and oxygen atoms in total. The SMILES string of the molecule is COCC(=O)CSc1nnc(C)s1. The van der Waals surface area contributed by atoms with Gasteiger partial charge in [0, 0.05) is 7.11 Å². The van der Waals surface area contributed by atoms with Crippen molar-refractivity contribution < 1.29 is 9.53 Å². The molecule has 0 aliphatic carbocycles. The summed E-state index contributed by atoms with van der Waals surface area (Å²) >= 11 is 2.90. The van der Waals surface area contributed by atoms with Gasteiger partial charge in [0.1, 0.15) is 11.6 Å². The molecular weight excluding hydrogens is 208 g/mol. The Morgan fingerprint density at radius 2 is 2.38 bits per heavy atom. The number of thioether (sulfide) groups is 1. The lowest BCUT2D eigenvalue weighted by Crippen LogP contribution is -2.08. The van der Waals surface area contributed by atoms with Gasteiger partial charge in [-0.25, -0.2) is 0 Å². The fraction of sp³-hybridized carbons (Fsp3) is 0.571. The molecule has 1 heterocycles. The largest absolute Gasteiger partial charge is 0.377 e. The smallest absolute Gasteiger partial charge is 0.174 e. The molecular formula is C7H10N2O2S2. The summed E-state index contributed by atoms with van der Waals surface area (Å²) in [6.45, 7) is 2.06. The van der Waals surface area contributed by atoms with Gasteiger partial charge in [-0.15, -0.1) is 10.2 Å². The summed E-state index contributed by atoms with van der Waals surface area (Å²) in [4.78, 5) is 11.0. The number of ketones is 1. The van der Waals surface area contributed by atoms with Gasteiger partial charge in [-0.3, -0.25) is 4.79 Å². The number of ether oxygens (including phenoxy) is 1. The minimum Gasteiger partial charge on any atom is -0.377 e. The van der Waals surface area contributed by atoms with E-state index in [1.807, 2.05) is 6.92 Å². The number of aromatic nitrogens is 2. The lowest BCUT2D eigenvalue weighted by atomic mass is 10.5. The highest BCUT2D eigenvalue weighted by molar-refractivity contribution is 8.01. The molecule has 0 bridgehead atoms. The Morgan fingerprint density at radius 3 is 2.92 bits per heavy atom. The summed E-state index contributed by atoms with van der Waals surface area (Å²) in [5, 5.41) is 8.65. The minimum absolute atomic E-state index is 0.0698. The van der Waals surface area contributed by atoms with Crippen molar-refractivity contribution in [2.75, 3.05) is 19.5 Å². The molecule has 1 aromatic rings. The highest BCUT2D eigenvalue weighted by Crippen LogP contribution is 2.21. The van der Waals surface area contributed by atoms with Gasteiger partial charge in [-0.1, -0.05) is 23.1 Å². The zero-order valence-corrected chi connectivity index (χ0v) is 9.07. The summed E-state index contributed by atoms with van der Waals surface area (Å²) in [7, 11) is 1.51. The predicted molar refractivity (Wildman–Crippen MR) is 52.3 cm³/mol. The van der Waals surface area contributed by atoms with Crippen LogP contribution in [0.25, 0.3) is 0 Å². The summed E-state index contributed by atoms with van der Waals surface area (Å²) in [6.07, 6.45) is 0. The first-order valence-corrected chi connectivity index (χ1v) is 5.46. The van der Waals surface area contributed by atoms with Crippen LogP contribution in [0.2, 0.25) is 0 Å². The molecule has 72 valence electrons. The molecule has 0 aliphatic rings. The molecule has 0 saturated carbocycles. The van der Waals surface area contributed by atoms with Crippen LogP contribution in [0.1, 0.15) is 5.01 Å². The van der Waals surface area contributed by atoms with Crippen LogP contribution in [-0.4, -0.2) is 35.5 Å². The molecule has 0 aliphatic heterocycles. The second-order valence-corrected chi connectivity index (χ2v) is 4.75. The number of Topliss-reactive ketones (excluding diaryl/α,β-unsaturated/α-hetero) is 1. The quantitative estimate of drug-likeness (QED) is 0.694. The fourth-order valence-corrected chi connectivity index (χ4v) is 2.34. The Kier molecular flexibility index (Phi) is 4.34. The first-order chi connectivity index (χ1) is 6.22. The zero-order valence-electron chi connectivity index (χ0n) is 7.44. The number of rotatable bonds is 5. The molecule has 13 heavy (non-hydrogen) atoms. The Balaban J connectivity index is 2.30. The third-order valence-corrected chi connectivity index (χ3v) is 3.20. The van der Waals surface area contributed by atoms with Crippen LogP contribution < -0.4 is 0 Å². The number of carbonyl (C=O) groups excluding carboxylic acids is 1. The van der Waals surface area contributed by atoms with E-state index in [-0.39, 0.29) is 12.4 Å². The van der Waals surface area contributed by atoms with E-state index in [0.717, 1.165) is 9.35 Å². The average Bonchev–Trinajstić information content (AvgIpc) is 2.49. The maximum absolute atomic E-state index is 11.0. The standard InChI is InChI=1S/C7H10N2O2S2/c1-5-8-9-7(13-5)12-4-6(10)3-11-2/h3-4H2,1-2H3. The van der Waals surface area contributed by atoms with Crippen LogP contribution in [0.3, 0.4) is 0 Å². The van der Waals surface area contributed by atoms with Crippen molar-refractivity contribution in [2.45, 2.75) is 11.3 Å². The molecule has 0 radical (unpaired) electrons. The lowest BCUT2D eigenvalue weighted by molar-refractivity contribution is -0.120. The van der Waals surface area contributed by atoms with Crippen LogP contribution in [0.5, 0.6) is 0 Å². The number of nitrogens with zero attached hydrogens (tertiary/aromatic N) is 2. The molecule has 0 fully saturated rings. The second-order valence-electron chi connectivity index (χ2n) is 2.35. The number of carbonyl (C=O) groups is 1. The van der Waals surface area contributed by atoms with E-state index < -0.39 is 0 Å². The monoisotopic (exact) mass is 218 g/mol. The van der Waals surface area contributed by atoms with E-state index in [0.29, 0.717) is 5.75 Å². The second kappa shape index (κ2) is 5.31. The first kappa shape index (κ1) is 10.6. The third-order valence-electron chi connectivity index (χ3n) is 1.17. The number of methoxy groups -OCH3 is 1. The van der Waals surface area contributed by atoms with E-state index in [4.69, 9.17) is 4.74 Å². The van der Waals surface area contributed by atoms with Gasteiger partial charge < -0.3 is 4.74 Å². The van der Waals surface area contributed by atoms with E-state index in [1.54, 1.807) is 0 Å².